The van der Waals surface area contributed by atoms with E-state index < -0.39 is 32.7 Å². The second kappa shape index (κ2) is 5.76. The summed E-state index contributed by atoms with van der Waals surface area (Å²) in [6, 6.07) is 2.26. The Morgan fingerprint density at radius 1 is 1.35 bits per heavy atom. The summed E-state index contributed by atoms with van der Waals surface area (Å²) in [5.41, 5.74) is 0. The molecule has 1 aliphatic heterocycles. The van der Waals surface area contributed by atoms with Crippen LogP contribution in [-0.2, 0) is 19.6 Å². The van der Waals surface area contributed by atoms with Gasteiger partial charge < -0.3 is 4.74 Å². The number of benzene rings is 1. The third-order valence-electron chi connectivity index (χ3n) is 2.75. The van der Waals surface area contributed by atoms with Crippen molar-refractivity contribution in [2.75, 3.05) is 19.8 Å². The van der Waals surface area contributed by atoms with Crippen molar-refractivity contribution in [1.29, 1.82) is 0 Å². The molecule has 108 valence electrons. The molecule has 0 N–H and O–H groups in total. The lowest BCUT2D eigenvalue weighted by molar-refractivity contribution is 0.0359. The molecule has 1 heterocycles. The van der Waals surface area contributed by atoms with Crippen LogP contribution < -0.4 is 0 Å². The molecule has 2 rings (SSSR count). The minimum absolute atomic E-state index is 0.0445. The molecule has 0 bridgehead atoms. The maximum absolute atomic E-state index is 13.2. The first kappa shape index (κ1) is 14.7. The Morgan fingerprint density at radius 3 is 2.75 bits per heavy atom. The topological polar surface area (TPSA) is 76.0 Å². The molecule has 1 atom stereocenters. The molecule has 20 heavy (non-hydrogen) atoms. The van der Waals surface area contributed by atoms with Crippen molar-refractivity contribution in [3.8, 4) is 0 Å². The minimum Gasteiger partial charge on any atom is -0.376 e. The lowest BCUT2D eigenvalue weighted by atomic mass is 10.3. The van der Waals surface area contributed by atoms with E-state index in [1.165, 1.54) is 6.08 Å². The first-order valence-electron chi connectivity index (χ1n) is 5.58. The fourth-order valence-corrected chi connectivity index (χ4v) is 3.30. The van der Waals surface area contributed by atoms with Gasteiger partial charge in [0.05, 0.1) is 18.1 Å². The lowest BCUT2D eigenvalue weighted by Gasteiger charge is -2.30. The summed E-state index contributed by atoms with van der Waals surface area (Å²) >= 11 is 0. The van der Waals surface area contributed by atoms with E-state index in [0.717, 1.165) is 16.4 Å². The molecular weight excluding hydrogens is 294 g/mol. The van der Waals surface area contributed by atoms with Crippen LogP contribution in [0.5, 0.6) is 0 Å². The first-order chi connectivity index (χ1) is 9.46. The Morgan fingerprint density at radius 2 is 2.10 bits per heavy atom. The molecule has 1 unspecified atom stereocenters. The number of aliphatic imine (C=N–C) groups is 1. The Labute approximate surface area is 113 Å². The van der Waals surface area contributed by atoms with Crippen molar-refractivity contribution < 1.29 is 26.7 Å². The van der Waals surface area contributed by atoms with E-state index in [-0.39, 0.29) is 19.8 Å². The molecule has 0 radical (unpaired) electrons. The zero-order valence-electron chi connectivity index (χ0n) is 10.1. The zero-order valence-corrected chi connectivity index (χ0v) is 10.9. The number of carbonyl (C=O) groups excluding carboxylic acids is 1. The standard InChI is InChI=1S/C11H10F2N2O4S/c12-9-2-1-8(5-10(9)13)20(17,18)15-3-4-19-6-11(15)14-7-16/h1-2,5,11H,3-4,6H2. The van der Waals surface area contributed by atoms with Gasteiger partial charge >= 0.3 is 0 Å². The zero-order chi connectivity index (χ0) is 14.8. The van der Waals surface area contributed by atoms with Gasteiger partial charge in [-0.3, -0.25) is 0 Å². The molecule has 1 fully saturated rings. The van der Waals surface area contributed by atoms with Crippen LogP contribution in [0.3, 0.4) is 0 Å². The predicted molar refractivity (Wildman–Crippen MR) is 63.0 cm³/mol. The molecule has 1 aromatic rings. The Kier molecular flexibility index (Phi) is 4.24. The van der Waals surface area contributed by atoms with Gasteiger partial charge in [-0.25, -0.2) is 22.0 Å². The fourth-order valence-electron chi connectivity index (χ4n) is 1.79. The van der Waals surface area contributed by atoms with Crippen molar-refractivity contribution in [2.45, 2.75) is 11.1 Å². The number of halogens is 2. The monoisotopic (exact) mass is 304 g/mol. The van der Waals surface area contributed by atoms with E-state index in [4.69, 9.17) is 4.74 Å². The van der Waals surface area contributed by atoms with E-state index in [1.54, 1.807) is 0 Å². The molecule has 6 nitrogen and oxygen atoms in total. The van der Waals surface area contributed by atoms with Gasteiger partial charge in [0.25, 0.3) is 0 Å². The van der Waals surface area contributed by atoms with Crippen molar-refractivity contribution >= 4 is 16.1 Å². The molecule has 0 saturated carbocycles. The first-order valence-corrected chi connectivity index (χ1v) is 7.02. The molecule has 0 spiro atoms. The number of isocyanates is 1. The highest BCUT2D eigenvalue weighted by Crippen LogP contribution is 2.22. The van der Waals surface area contributed by atoms with E-state index in [1.807, 2.05) is 0 Å². The summed E-state index contributed by atoms with van der Waals surface area (Å²) < 4.78 is 56.6. The minimum atomic E-state index is -4.10. The number of hydrogen-bond donors (Lipinski definition) is 0. The summed E-state index contributed by atoms with van der Waals surface area (Å²) in [6.07, 6.45) is 0.210. The van der Waals surface area contributed by atoms with Gasteiger partial charge in [0, 0.05) is 6.54 Å². The molecule has 0 aromatic heterocycles. The molecule has 1 aromatic carbocycles. The molecule has 1 saturated heterocycles. The quantitative estimate of drug-likeness (QED) is 0.607. The van der Waals surface area contributed by atoms with Gasteiger partial charge in [-0.1, -0.05) is 0 Å². The number of hydrogen-bond acceptors (Lipinski definition) is 5. The van der Waals surface area contributed by atoms with Gasteiger partial charge in [0.1, 0.15) is 0 Å². The fraction of sp³-hybridized carbons (Fsp3) is 0.364. The van der Waals surface area contributed by atoms with Crippen LogP contribution in [0.25, 0.3) is 0 Å². The summed E-state index contributed by atoms with van der Waals surface area (Å²) in [4.78, 5) is 13.2. The van der Waals surface area contributed by atoms with E-state index in [0.29, 0.717) is 6.07 Å². The highest BCUT2D eigenvalue weighted by atomic mass is 32.2. The molecule has 0 amide bonds. The second-order valence-electron chi connectivity index (χ2n) is 3.97. The van der Waals surface area contributed by atoms with Crippen molar-refractivity contribution in [3.05, 3.63) is 29.8 Å². The predicted octanol–water partition coefficient (Wildman–Crippen LogP) is 0.648. The van der Waals surface area contributed by atoms with Gasteiger partial charge in [0.15, 0.2) is 17.8 Å². The average molecular weight is 304 g/mol. The molecular formula is C11H10F2N2O4S. The number of sulfonamides is 1. The van der Waals surface area contributed by atoms with Crippen LogP contribution in [-0.4, -0.2) is 44.7 Å². The van der Waals surface area contributed by atoms with Crippen LogP contribution in [0, 0.1) is 11.6 Å². The van der Waals surface area contributed by atoms with Crippen molar-refractivity contribution in [3.63, 3.8) is 0 Å². The maximum atomic E-state index is 13.2. The maximum Gasteiger partial charge on any atom is 0.245 e. The smallest absolute Gasteiger partial charge is 0.245 e. The highest BCUT2D eigenvalue weighted by molar-refractivity contribution is 7.89. The third kappa shape index (κ3) is 2.75. The summed E-state index contributed by atoms with van der Waals surface area (Å²) in [5.74, 6) is -2.41. The third-order valence-corrected chi connectivity index (χ3v) is 4.65. The largest absolute Gasteiger partial charge is 0.376 e. The van der Waals surface area contributed by atoms with Gasteiger partial charge in [-0.15, -0.1) is 0 Å². The highest BCUT2D eigenvalue weighted by Gasteiger charge is 2.34. The van der Waals surface area contributed by atoms with E-state index in [9.17, 15) is 22.0 Å². The van der Waals surface area contributed by atoms with Crippen LogP contribution in [0.4, 0.5) is 8.78 Å². The molecule has 1 aliphatic rings. The van der Waals surface area contributed by atoms with Gasteiger partial charge in [0.2, 0.25) is 16.1 Å². The summed E-state index contributed by atoms with van der Waals surface area (Å²) in [6.45, 7) is -0.0247. The van der Waals surface area contributed by atoms with Crippen LogP contribution in [0.2, 0.25) is 0 Å². The Balaban J connectivity index is 2.41. The van der Waals surface area contributed by atoms with Gasteiger partial charge in [-0.05, 0) is 18.2 Å². The SMILES string of the molecule is O=C=NC1COCCN1S(=O)(=O)c1ccc(F)c(F)c1. The number of morpholine rings is 1. The molecule has 9 heteroatoms. The number of rotatable bonds is 3. The normalized spacial score (nSPS) is 20.4. The number of ether oxygens (including phenoxy) is 1. The van der Waals surface area contributed by atoms with Crippen LogP contribution in [0.15, 0.2) is 28.1 Å². The van der Waals surface area contributed by atoms with E-state index >= 15 is 0 Å². The summed E-state index contributed by atoms with van der Waals surface area (Å²) in [5, 5.41) is 0. The Bertz CT molecular complexity index is 658. The lowest BCUT2D eigenvalue weighted by Crippen LogP contribution is -2.47. The van der Waals surface area contributed by atoms with Crippen molar-refractivity contribution in [2.24, 2.45) is 4.99 Å². The number of nitrogens with zero attached hydrogens (tertiary/aromatic N) is 2. The van der Waals surface area contributed by atoms with Crippen LogP contribution >= 0.6 is 0 Å². The summed E-state index contributed by atoms with van der Waals surface area (Å²) in [7, 11) is -4.10. The molecule has 0 aliphatic carbocycles. The Hall–Kier alpha value is -1.67. The van der Waals surface area contributed by atoms with Crippen LogP contribution in [0.1, 0.15) is 0 Å². The second-order valence-corrected chi connectivity index (χ2v) is 5.86. The average Bonchev–Trinajstić information content (AvgIpc) is 2.42. The van der Waals surface area contributed by atoms with E-state index in [2.05, 4.69) is 4.99 Å². The van der Waals surface area contributed by atoms with Crippen molar-refractivity contribution in [1.82, 2.24) is 4.31 Å². The van der Waals surface area contributed by atoms with Gasteiger partial charge in [-0.2, -0.15) is 9.30 Å².